The van der Waals surface area contributed by atoms with Crippen molar-refractivity contribution in [1.29, 1.82) is 0 Å². The van der Waals surface area contributed by atoms with E-state index in [1.54, 1.807) is 6.92 Å². The van der Waals surface area contributed by atoms with Crippen LogP contribution in [0.3, 0.4) is 0 Å². The van der Waals surface area contributed by atoms with Crippen LogP contribution in [0.4, 0.5) is 4.79 Å². The molecule has 3 amide bonds. The predicted molar refractivity (Wildman–Crippen MR) is 123 cm³/mol. The van der Waals surface area contributed by atoms with Crippen molar-refractivity contribution >= 4 is 23.9 Å². The van der Waals surface area contributed by atoms with E-state index >= 15 is 0 Å². The van der Waals surface area contributed by atoms with Crippen molar-refractivity contribution in [1.82, 2.24) is 15.5 Å². The minimum absolute atomic E-state index is 0.0706. The molecule has 34 heavy (non-hydrogen) atoms. The Morgan fingerprint density at radius 2 is 1.74 bits per heavy atom. The number of carboxylic acids is 1. The molecule has 3 N–H and O–H groups in total. The Morgan fingerprint density at radius 3 is 2.35 bits per heavy atom. The van der Waals surface area contributed by atoms with Gasteiger partial charge in [0.25, 0.3) is 0 Å². The summed E-state index contributed by atoms with van der Waals surface area (Å²) in [4.78, 5) is 49.6. The fourth-order valence-corrected chi connectivity index (χ4v) is 4.65. The van der Waals surface area contributed by atoms with Gasteiger partial charge >= 0.3 is 12.1 Å². The van der Waals surface area contributed by atoms with Crippen LogP contribution >= 0.6 is 0 Å². The number of ether oxygens (including phenoxy) is 1. The normalized spacial score (nSPS) is 17.9. The van der Waals surface area contributed by atoms with Gasteiger partial charge in [0.05, 0.1) is 6.42 Å². The summed E-state index contributed by atoms with van der Waals surface area (Å²) in [5.74, 6) is -2.12. The summed E-state index contributed by atoms with van der Waals surface area (Å²) in [6.07, 6.45) is -1.18. The quantitative estimate of drug-likeness (QED) is 0.575. The molecular weight excluding hydrogens is 438 g/mol. The molecule has 1 unspecified atom stereocenters. The zero-order valence-electron chi connectivity index (χ0n) is 18.8. The average Bonchev–Trinajstić information content (AvgIpc) is 3.12. The van der Waals surface area contributed by atoms with Crippen LogP contribution in [0.25, 0.3) is 11.1 Å². The molecule has 1 fully saturated rings. The third-order valence-electron chi connectivity index (χ3n) is 6.21. The highest BCUT2D eigenvalue weighted by Crippen LogP contribution is 2.44. The Balaban J connectivity index is 1.33. The maximum atomic E-state index is 12.7. The topological polar surface area (TPSA) is 125 Å². The largest absolute Gasteiger partial charge is 0.481 e. The van der Waals surface area contributed by atoms with Gasteiger partial charge in [0.1, 0.15) is 12.6 Å². The van der Waals surface area contributed by atoms with Gasteiger partial charge in [-0.25, -0.2) is 4.79 Å². The maximum Gasteiger partial charge on any atom is 0.407 e. The number of aliphatic carboxylic acids is 1. The van der Waals surface area contributed by atoms with E-state index in [0.717, 1.165) is 22.3 Å². The summed E-state index contributed by atoms with van der Waals surface area (Å²) >= 11 is 0. The average molecular weight is 466 g/mol. The highest BCUT2D eigenvalue weighted by atomic mass is 16.5. The number of rotatable bonds is 7. The molecule has 0 spiro atoms. The van der Waals surface area contributed by atoms with E-state index in [2.05, 4.69) is 22.8 Å². The lowest BCUT2D eigenvalue weighted by molar-refractivity contribution is -0.148. The molecule has 0 radical (unpaired) electrons. The van der Waals surface area contributed by atoms with Gasteiger partial charge in [0.15, 0.2) is 0 Å². The first-order valence-corrected chi connectivity index (χ1v) is 11.3. The molecule has 178 valence electrons. The number of nitrogens with one attached hydrogen (secondary N) is 2. The lowest BCUT2D eigenvalue weighted by atomic mass is 9.98. The number of carbonyl (C=O) groups is 4. The van der Waals surface area contributed by atoms with Crippen molar-refractivity contribution in [3.8, 4) is 11.1 Å². The van der Waals surface area contributed by atoms with E-state index < -0.39 is 42.4 Å². The third-order valence-corrected chi connectivity index (χ3v) is 6.21. The molecule has 9 nitrogen and oxygen atoms in total. The van der Waals surface area contributed by atoms with Gasteiger partial charge in [-0.1, -0.05) is 48.5 Å². The lowest BCUT2D eigenvalue weighted by Crippen LogP contribution is -2.58. The van der Waals surface area contributed by atoms with Crippen LogP contribution < -0.4 is 10.6 Å². The molecule has 2 atom stereocenters. The number of benzene rings is 2. The fraction of sp³-hybridized carbons (Fsp3) is 0.360. The molecule has 9 heteroatoms. The number of carboxylic acid groups (broad SMARTS) is 1. The van der Waals surface area contributed by atoms with Gasteiger partial charge in [-0.2, -0.15) is 0 Å². The first-order chi connectivity index (χ1) is 16.3. The molecule has 1 aliphatic heterocycles. The van der Waals surface area contributed by atoms with Crippen molar-refractivity contribution in [3.05, 3.63) is 59.7 Å². The number of carbonyl (C=O) groups excluding carboxylic acids is 3. The molecule has 0 saturated carbocycles. The number of hydrogen-bond donors (Lipinski definition) is 3. The highest BCUT2D eigenvalue weighted by Gasteiger charge is 2.35. The van der Waals surface area contributed by atoms with E-state index in [9.17, 15) is 19.2 Å². The lowest BCUT2D eigenvalue weighted by Gasteiger charge is -2.34. The highest BCUT2D eigenvalue weighted by molar-refractivity contribution is 5.92. The first kappa shape index (κ1) is 23.3. The van der Waals surface area contributed by atoms with E-state index in [0.29, 0.717) is 0 Å². The van der Waals surface area contributed by atoms with Gasteiger partial charge < -0.3 is 25.4 Å². The second kappa shape index (κ2) is 9.94. The summed E-state index contributed by atoms with van der Waals surface area (Å²) in [7, 11) is 0. The molecule has 1 aliphatic carbocycles. The molecule has 2 aromatic carbocycles. The summed E-state index contributed by atoms with van der Waals surface area (Å²) in [5, 5.41) is 14.3. The van der Waals surface area contributed by atoms with Crippen molar-refractivity contribution in [3.63, 3.8) is 0 Å². The van der Waals surface area contributed by atoms with Crippen LogP contribution in [0.2, 0.25) is 0 Å². The molecular formula is C25H27N3O6. The van der Waals surface area contributed by atoms with Crippen molar-refractivity contribution < 1.29 is 29.0 Å². The van der Waals surface area contributed by atoms with Crippen LogP contribution in [-0.4, -0.2) is 65.7 Å². The number of nitrogens with zero attached hydrogens (tertiary/aromatic N) is 1. The molecule has 2 aliphatic rings. The van der Waals surface area contributed by atoms with Crippen LogP contribution in [0.15, 0.2) is 48.5 Å². The SMILES string of the molecule is C[C@H](CC(=O)N1CCNC(=O)C1CC(=O)O)NC(=O)OCC1c2ccccc2-c2ccccc21. The summed E-state index contributed by atoms with van der Waals surface area (Å²) < 4.78 is 5.51. The van der Waals surface area contributed by atoms with Gasteiger partial charge in [-0.15, -0.1) is 0 Å². The number of amides is 3. The molecule has 1 saturated heterocycles. The number of hydrogen-bond acceptors (Lipinski definition) is 5. The Kier molecular flexibility index (Phi) is 6.81. The minimum Gasteiger partial charge on any atom is -0.481 e. The zero-order chi connectivity index (χ0) is 24.2. The third kappa shape index (κ3) is 4.88. The minimum atomic E-state index is -1.16. The molecule has 1 heterocycles. The predicted octanol–water partition coefficient (Wildman–Crippen LogP) is 2.11. The van der Waals surface area contributed by atoms with Gasteiger partial charge in [0.2, 0.25) is 11.8 Å². The van der Waals surface area contributed by atoms with Crippen LogP contribution in [0.1, 0.15) is 36.8 Å². The maximum absolute atomic E-state index is 12.7. The zero-order valence-corrected chi connectivity index (χ0v) is 18.8. The molecule has 2 aromatic rings. The molecule has 0 bridgehead atoms. The molecule has 0 aromatic heterocycles. The summed E-state index contributed by atoms with van der Waals surface area (Å²) in [5.41, 5.74) is 4.47. The Hall–Kier alpha value is -3.88. The van der Waals surface area contributed by atoms with Gasteiger partial charge in [-0.3, -0.25) is 14.4 Å². The van der Waals surface area contributed by atoms with Crippen LogP contribution in [0, 0.1) is 0 Å². The Labute approximate surface area is 197 Å². The molecule has 4 rings (SSSR count). The van der Waals surface area contributed by atoms with Gasteiger partial charge in [-0.05, 0) is 29.2 Å². The summed E-state index contributed by atoms with van der Waals surface area (Å²) in [6, 6.07) is 14.5. The van der Waals surface area contributed by atoms with E-state index in [4.69, 9.17) is 9.84 Å². The number of piperazine rings is 1. The van der Waals surface area contributed by atoms with Gasteiger partial charge in [0, 0.05) is 31.5 Å². The van der Waals surface area contributed by atoms with Crippen molar-refractivity contribution in [2.75, 3.05) is 19.7 Å². The van der Waals surface area contributed by atoms with E-state index in [-0.39, 0.29) is 32.0 Å². The second-order valence-corrected chi connectivity index (χ2v) is 8.57. The smallest absolute Gasteiger partial charge is 0.407 e. The van der Waals surface area contributed by atoms with Crippen LogP contribution in [0.5, 0.6) is 0 Å². The monoisotopic (exact) mass is 465 g/mol. The number of alkyl carbamates (subject to hydrolysis) is 1. The Morgan fingerprint density at radius 1 is 1.12 bits per heavy atom. The van der Waals surface area contributed by atoms with E-state index in [1.807, 2.05) is 36.4 Å². The second-order valence-electron chi connectivity index (χ2n) is 8.57. The van der Waals surface area contributed by atoms with E-state index in [1.165, 1.54) is 4.90 Å². The van der Waals surface area contributed by atoms with Crippen molar-refractivity contribution in [2.45, 2.75) is 37.8 Å². The Bertz CT molecular complexity index is 1070. The first-order valence-electron chi connectivity index (χ1n) is 11.3. The van der Waals surface area contributed by atoms with Crippen LogP contribution in [-0.2, 0) is 19.1 Å². The summed E-state index contributed by atoms with van der Waals surface area (Å²) in [6.45, 7) is 2.30. The number of fused-ring (bicyclic) bond motifs is 3. The van der Waals surface area contributed by atoms with Crippen molar-refractivity contribution in [2.24, 2.45) is 0 Å². The standard InChI is InChI=1S/C25H27N3O6/c1-15(12-22(29)28-11-10-26-24(32)21(28)13-23(30)31)27-25(33)34-14-20-18-8-4-2-6-16(18)17-7-3-5-9-19(17)20/h2-9,15,20-21H,10-14H2,1H3,(H,26,32)(H,27,33)(H,30,31)/t15-,21?/m1/s1. The fourth-order valence-electron chi connectivity index (χ4n) is 4.65.